The van der Waals surface area contributed by atoms with Crippen LogP contribution in [0, 0.1) is 23.9 Å². The Morgan fingerprint density at radius 1 is 0.692 bits per heavy atom. The molecule has 1 radical (unpaired) electrons. The van der Waals surface area contributed by atoms with Gasteiger partial charge in [0.25, 0.3) is 0 Å². The molecule has 0 aliphatic carbocycles. The summed E-state index contributed by atoms with van der Waals surface area (Å²) in [4.78, 5) is 0. The Morgan fingerprint density at radius 2 is 0.769 bits per heavy atom. The third kappa shape index (κ3) is 33.2. The smallest absolute Gasteiger partial charge is 0.701 e. The van der Waals surface area contributed by atoms with Crippen LogP contribution >= 0.6 is 0 Å². The average Bonchev–Trinajstić information content (AvgIpc) is 1.86. The first-order chi connectivity index (χ1) is 5.12. The molecule has 77 valence electrons. The van der Waals surface area contributed by atoms with Gasteiger partial charge >= 0.3 is 17.1 Å². The minimum Gasteiger partial charge on any atom is -0.701 e. The van der Waals surface area contributed by atoms with Gasteiger partial charge in [0.1, 0.15) is 0 Å². The molecule has 0 atom stereocenters. The first-order valence-corrected chi connectivity index (χ1v) is 11.0. The van der Waals surface area contributed by atoms with Gasteiger partial charge in [0.05, 0.1) is 16.1 Å². The zero-order valence-corrected chi connectivity index (χ0v) is 12.2. The number of rotatable bonds is 0. The van der Waals surface area contributed by atoms with Crippen molar-refractivity contribution in [2.24, 2.45) is 0 Å². The van der Waals surface area contributed by atoms with Crippen molar-refractivity contribution in [2.45, 2.75) is 39.3 Å². The summed E-state index contributed by atoms with van der Waals surface area (Å²) in [5.41, 5.74) is 4.99. The van der Waals surface area contributed by atoms with E-state index < -0.39 is 16.1 Å². The van der Waals surface area contributed by atoms with Crippen LogP contribution < -0.4 is 0 Å². The Hall–Kier alpha value is 0.0732. The third-order valence-electron chi connectivity index (χ3n) is 0.750. The van der Waals surface area contributed by atoms with Crippen LogP contribution in [0.4, 0.5) is 0 Å². The van der Waals surface area contributed by atoms with E-state index in [1.165, 1.54) is 0 Å². The molecule has 0 amide bonds. The molecule has 0 heterocycles. The molecule has 0 aromatic rings. The van der Waals surface area contributed by atoms with Gasteiger partial charge in [-0.3, -0.25) is 0 Å². The largest absolute Gasteiger partial charge is 2.00 e. The normalized spacial score (nSPS) is 9.54. The molecule has 0 unspecified atom stereocenters. The molecule has 0 fully saturated rings. The molecule has 0 spiro atoms. The summed E-state index contributed by atoms with van der Waals surface area (Å²) in [5.74, 6) is 0. The van der Waals surface area contributed by atoms with Crippen LogP contribution in [-0.4, -0.2) is 16.1 Å². The SMILES string of the molecule is [C-]#C[Si](C)(C)C.[C-]#C[Si](C)(C)C.[Cu+2]. The predicted molar refractivity (Wildman–Crippen MR) is 61.0 cm³/mol. The van der Waals surface area contributed by atoms with Crippen molar-refractivity contribution in [2.75, 3.05) is 0 Å². The van der Waals surface area contributed by atoms with Crippen LogP contribution in [0.2, 0.25) is 39.3 Å². The summed E-state index contributed by atoms with van der Waals surface area (Å²) >= 11 is 0. The fourth-order valence-corrected chi connectivity index (χ4v) is 0. The molecule has 0 saturated heterocycles. The predicted octanol–water partition coefficient (Wildman–Crippen LogP) is 2.90. The van der Waals surface area contributed by atoms with Gasteiger partial charge in [0.2, 0.25) is 0 Å². The average molecular weight is 258 g/mol. The molecule has 0 rings (SSSR count). The van der Waals surface area contributed by atoms with E-state index in [9.17, 15) is 0 Å². The van der Waals surface area contributed by atoms with E-state index in [1.807, 2.05) is 0 Å². The van der Waals surface area contributed by atoms with Crippen LogP contribution in [0.3, 0.4) is 0 Å². The molecular formula is C10H18CuSi2. The summed E-state index contributed by atoms with van der Waals surface area (Å²) in [5, 5.41) is 0. The minimum atomic E-state index is -1.21. The molecule has 0 saturated carbocycles. The Bertz CT molecular complexity index is 171. The molecule has 0 aromatic heterocycles. The Balaban J connectivity index is -0.000000143. The van der Waals surface area contributed by atoms with Crippen LogP contribution in [-0.2, 0) is 17.1 Å². The first-order valence-electron chi connectivity index (χ1n) is 4.00. The summed E-state index contributed by atoms with van der Waals surface area (Å²) in [6.45, 7) is 12.5. The van der Waals surface area contributed by atoms with Gasteiger partial charge in [-0.05, 0) is 0 Å². The second kappa shape index (κ2) is 7.47. The summed E-state index contributed by atoms with van der Waals surface area (Å²) < 4.78 is 0. The molecule has 3 heteroatoms. The fourth-order valence-electron chi connectivity index (χ4n) is 0. The van der Waals surface area contributed by atoms with E-state index >= 15 is 0 Å². The summed E-state index contributed by atoms with van der Waals surface area (Å²) in [6, 6.07) is 0. The fraction of sp³-hybridized carbons (Fsp3) is 0.600. The minimum absolute atomic E-state index is 0. The maximum atomic E-state index is 6.67. The van der Waals surface area contributed by atoms with Gasteiger partial charge in [-0.25, -0.2) is 0 Å². The van der Waals surface area contributed by atoms with Crippen molar-refractivity contribution in [3.05, 3.63) is 12.8 Å². The van der Waals surface area contributed by atoms with Gasteiger partial charge in [0, 0.05) is 0 Å². The Labute approximate surface area is 96.4 Å². The molecule has 0 aliphatic heterocycles. The van der Waals surface area contributed by atoms with Gasteiger partial charge in [-0.1, -0.05) is 39.3 Å². The number of hydrogen-bond donors (Lipinski definition) is 0. The zero-order valence-electron chi connectivity index (χ0n) is 9.30. The maximum Gasteiger partial charge on any atom is 2.00 e. The van der Waals surface area contributed by atoms with E-state index in [0.29, 0.717) is 0 Å². The first kappa shape index (κ1) is 18.8. The Morgan fingerprint density at radius 3 is 0.769 bits per heavy atom. The van der Waals surface area contributed by atoms with Gasteiger partial charge < -0.3 is 23.9 Å². The Kier molecular flexibility index (Phi) is 10.8. The van der Waals surface area contributed by atoms with Crippen molar-refractivity contribution in [1.29, 1.82) is 0 Å². The summed E-state index contributed by atoms with van der Waals surface area (Å²) in [6.07, 6.45) is 13.3. The standard InChI is InChI=1S/2C5H9Si.Cu/c2*1-5-6(2,3)4;/h2*2-4H3;/q2*-1;+2. The number of hydrogen-bond acceptors (Lipinski definition) is 0. The van der Waals surface area contributed by atoms with Crippen molar-refractivity contribution in [3.8, 4) is 11.1 Å². The molecule has 0 aromatic carbocycles. The van der Waals surface area contributed by atoms with E-state index in [4.69, 9.17) is 12.8 Å². The van der Waals surface area contributed by atoms with Crippen molar-refractivity contribution < 1.29 is 17.1 Å². The molecule has 13 heavy (non-hydrogen) atoms. The molecular weight excluding hydrogens is 240 g/mol. The molecule has 0 bridgehead atoms. The van der Waals surface area contributed by atoms with Crippen molar-refractivity contribution in [3.63, 3.8) is 0 Å². The van der Waals surface area contributed by atoms with E-state index in [0.717, 1.165) is 0 Å². The second-order valence-corrected chi connectivity index (χ2v) is 14.2. The van der Waals surface area contributed by atoms with Gasteiger partial charge in [-0.2, -0.15) is 0 Å². The molecule has 0 aliphatic rings. The second-order valence-electron chi connectivity index (χ2n) is 4.75. The molecule has 0 N–H and O–H groups in total. The summed E-state index contributed by atoms with van der Waals surface area (Å²) in [7, 11) is -2.43. The van der Waals surface area contributed by atoms with Crippen LogP contribution in [0.25, 0.3) is 0 Å². The van der Waals surface area contributed by atoms with Crippen LogP contribution in [0.5, 0.6) is 0 Å². The van der Waals surface area contributed by atoms with Gasteiger partial charge in [0.15, 0.2) is 0 Å². The topological polar surface area (TPSA) is 0 Å². The van der Waals surface area contributed by atoms with Crippen molar-refractivity contribution >= 4 is 16.1 Å². The van der Waals surface area contributed by atoms with Gasteiger partial charge in [-0.15, -0.1) is 0 Å². The van der Waals surface area contributed by atoms with E-state index in [1.54, 1.807) is 0 Å². The molecule has 0 nitrogen and oxygen atoms in total. The third-order valence-corrected chi connectivity index (χ3v) is 2.25. The van der Waals surface area contributed by atoms with E-state index in [2.05, 4.69) is 50.4 Å². The van der Waals surface area contributed by atoms with E-state index in [-0.39, 0.29) is 17.1 Å². The van der Waals surface area contributed by atoms with Crippen LogP contribution in [0.1, 0.15) is 0 Å². The zero-order chi connectivity index (χ0) is 10.4. The monoisotopic (exact) mass is 257 g/mol. The van der Waals surface area contributed by atoms with Crippen LogP contribution in [0.15, 0.2) is 0 Å². The maximum absolute atomic E-state index is 6.67. The van der Waals surface area contributed by atoms with Crippen molar-refractivity contribution in [1.82, 2.24) is 0 Å². The quantitative estimate of drug-likeness (QED) is 0.356.